The van der Waals surface area contributed by atoms with Gasteiger partial charge in [-0.2, -0.15) is 0 Å². The molecule has 0 aromatic heterocycles. The van der Waals surface area contributed by atoms with Crippen molar-refractivity contribution in [3.63, 3.8) is 0 Å². The Bertz CT molecular complexity index is 1010. The smallest absolute Gasteiger partial charge is 0.341 e. The number of methoxy groups -OCH3 is 1. The lowest BCUT2D eigenvalue weighted by atomic mass is 10.0. The molecular formula is C27H30N2O4. The van der Waals surface area contributed by atoms with Crippen molar-refractivity contribution in [1.29, 1.82) is 0 Å². The Kier molecular flexibility index (Phi) is 8.47. The normalized spacial score (nSPS) is 10.7. The van der Waals surface area contributed by atoms with E-state index in [1.807, 2.05) is 74.5 Å². The van der Waals surface area contributed by atoms with E-state index in [1.54, 1.807) is 18.2 Å². The average molecular weight is 447 g/mol. The highest BCUT2D eigenvalue weighted by atomic mass is 16.5. The Balaban J connectivity index is 1.91. The van der Waals surface area contributed by atoms with Crippen molar-refractivity contribution < 1.29 is 19.1 Å². The molecule has 6 heteroatoms. The zero-order chi connectivity index (χ0) is 23.6. The van der Waals surface area contributed by atoms with E-state index in [9.17, 15) is 9.59 Å². The second kappa shape index (κ2) is 11.7. The summed E-state index contributed by atoms with van der Waals surface area (Å²) in [7, 11) is 1.32. The zero-order valence-corrected chi connectivity index (χ0v) is 19.2. The molecule has 0 radical (unpaired) electrons. The Morgan fingerprint density at radius 1 is 0.848 bits per heavy atom. The van der Waals surface area contributed by atoms with Crippen LogP contribution in [-0.4, -0.2) is 25.2 Å². The number of benzene rings is 3. The van der Waals surface area contributed by atoms with Crippen molar-refractivity contribution in [3.8, 4) is 5.75 Å². The van der Waals surface area contributed by atoms with Gasteiger partial charge in [-0.25, -0.2) is 9.59 Å². The number of esters is 1. The summed E-state index contributed by atoms with van der Waals surface area (Å²) in [4.78, 5) is 24.9. The molecule has 2 amide bonds. The molecule has 0 saturated heterocycles. The molecule has 0 aliphatic rings. The van der Waals surface area contributed by atoms with E-state index in [2.05, 4.69) is 10.6 Å². The number of carbonyl (C=O) groups is 2. The van der Waals surface area contributed by atoms with E-state index >= 15 is 0 Å². The van der Waals surface area contributed by atoms with E-state index in [4.69, 9.17) is 9.47 Å². The van der Waals surface area contributed by atoms with Gasteiger partial charge in [-0.05, 0) is 42.2 Å². The molecule has 3 aromatic carbocycles. The molecule has 172 valence electrons. The van der Waals surface area contributed by atoms with Crippen LogP contribution in [0.25, 0.3) is 0 Å². The van der Waals surface area contributed by atoms with Gasteiger partial charge in [0.2, 0.25) is 0 Å². The van der Waals surface area contributed by atoms with Crippen LogP contribution in [0.5, 0.6) is 5.75 Å². The second-order valence-corrected chi connectivity index (χ2v) is 7.63. The summed E-state index contributed by atoms with van der Waals surface area (Å²) >= 11 is 0. The molecule has 0 fully saturated rings. The first-order valence-corrected chi connectivity index (χ1v) is 11.1. The predicted molar refractivity (Wildman–Crippen MR) is 130 cm³/mol. The maximum Gasteiger partial charge on any atom is 0.341 e. The largest absolute Gasteiger partial charge is 0.480 e. The Labute approximate surface area is 194 Å². The fourth-order valence-electron chi connectivity index (χ4n) is 3.54. The minimum atomic E-state index is -0.547. The van der Waals surface area contributed by atoms with Crippen LogP contribution >= 0.6 is 0 Å². The lowest BCUT2D eigenvalue weighted by Gasteiger charge is -2.22. The van der Waals surface area contributed by atoms with Crippen LogP contribution in [0.1, 0.15) is 54.3 Å². The van der Waals surface area contributed by atoms with Crippen molar-refractivity contribution in [2.45, 2.75) is 38.8 Å². The van der Waals surface area contributed by atoms with Crippen LogP contribution in [0.3, 0.4) is 0 Å². The SMILES string of the molecule is CCC(CC)NC(=O)Nc1ccc(OC(c2ccccc2)c2ccccc2)c(C(=O)OC)c1. The molecule has 33 heavy (non-hydrogen) atoms. The van der Waals surface area contributed by atoms with E-state index < -0.39 is 12.1 Å². The average Bonchev–Trinajstić information content (AvgIpc) is 2.86. The molecule has 0 aliphatic heterocycles. The first-order valence-electron chi connectivity index (χ1n) is 11.1. The van der Waals surface area contributed by atoms with Crippen molar-refractivity contribution >= 4 is 17.7 Å². The van der Waals surface area contributed by atoms with Crippen molar-refractivity contribution in [2.24, 2.45) is 0 Å². The number of carbonyl (C=O) groups excluding carboxylic acids is 2. The standard InChI is InChI=1S/C27H30N2O4/c1-4-21(5-2)28-27(31)29-22-16-17-24(23(18-22)26(30)32-3)33-25(19-12-8-6-9-13-19)20-14-10-7-11-15-20/h6-18,21,25H,4-5H2,1-3H3,(H2,28,29,31). The number of amides is 2. The predicted octanol–water partition coefficient (Wildman–Crippen LogP) is 5.95. The van der Waals surface area contributed by atoms with Gasteiger partial charge in [0, 0.05) is 11.7 Å². The highest BCUT2D eigenvalue weighted by Crippen LogP contribution is 2.32. The molecule has 6 nitrogen and oxygen atoms in total. The summed E-state index contributed by atoms with van der Waals surface area (Å²) in [6, 6.07) is 24.3. The van der Waals surface area contributed by atoms with E-state index in [0.29, 0.717) is 11.4 Å². The van der Waals surface area contributed by atoms with Crippen LogP contribution in [0.4, 0.5) is 10.5 Å². The molecule has 0 atom stereocenters. The number of hydrogen-bond acceptors (Lipinski definition) is 4. The lowest BCUT2D eigenvalue weighted by molar-refractivity contribution is 0.0594. The maximum absolute atomic E-state index is 12.6. The highest BCUT2D eigenvalue weighted by molar-refractivity contribution is 5.96. The third-order valence-corrected chi connectivity index (χ3v) is 5.41. The quantitative estimate of drug-likeness (QED) is 0.398. The summed E-state index contributed by atoms with van der Waals surface area (Å²) in [5.41, 5.74) is 2.61. The monoisotopic (exact) mass is 446 g/mol. The Morgan fingerprint density at radius 3 is 1.94 bits per heavy atom. The Hall–Kier alpha value is -3.80. The topological polar surface area (TPSA) is 76.7 Å². The summed E-state index contributed by atoms with van der Waals surface area (Å²) < 4.78 is 11.4. The number of urea groups is 1. The van der Waals surface area contributed by atoms with Crippen molar-refractivity contribution in [2.75, 3.05) is 12.4 Å². The first kappa shape index (κ1) is 23.9. The summed E-state index contributed by atoms with van der Waals surface area (Å²) in [6.07, 6.45) is 1.25. The van der Waals surface area contributed by atoms with Crippen LogP contribution in [0.15, 0.2) is 78.9 Å². The van der Waals surface area contributed by atoms with E-state index in [0.717, 1.165) is 24.0 Å². The Morgan fingerprint density at radius 2 is 1.42 bits per heavy atom. The zero-order valence-electron chi connectivity index (χ0n) is 19.2. The molecule has 0 spiro atoms. The van der Waals surface area contributed by atoms with Gasteiger partial charge in [-0.1, -0.05) is 74.5 Å². The molecule has 3 aromatic rings. The van der Waals surface area contributed by atoms with Gasteiger partial charge in [0.1, 0.15) is 17.4 Å². The van der Waals surface area contributed by atoms with Crippen LogP contribution in [-0.2, 0) is 4.74 Å². The second-order valence-electron chi connectivity index (χ2n) is 7.63. The summed E-state index contributed by atoms with van der Waals surface area (Å²) in [5.74, 6) is -0.181. The first-order chi connectivity index (χ1) is 16.0. The molecule has 0 bridgehead atoms. The number of nitrogens with one attached hydrogen (secondary N) is 2. The number of hydrogen-bond donors (Lipinski definition) is 2. The van der Waals surface area contributed by atoms with Gasteiger partial charge < -0.3 is 20.1 Å². The molecule has 3 rings (SSSR count). The summed E-state index contributed by atoms with van der Waals surface area (Å²) in [5, 5.41) is 5.71. The molecule has 0 aliphatic carbocycles. The van der Waals surface area contributed by atoms with Gasteiger partial charge >= 0.3 is 12.0 Å². The number of ether oxygens (including phenoxy) is 2. The van der Waals surface area contributed by atoms with Gasteiger partial charge in [0.15, 0.2) is 0 Å². The van der Waals surface area contributed by atoms with Gasteiger partial charge in [-0.15, -0.1) is 0 Å². The molecule has 0 heterocycles. The van der Waals surface area contributed by atoms with Crippen LogP contribution < -0.4 is 15.4 Å². The third-order valence-electron chi connectivity index (χ3n) is 5.41. The van der Waals surface area contributed by atoms with E-state index in [-0.39, 0.29) is 17.6 Å². The molecular weight excluding hydrogens is 416 g/mol. The fraction of sp³-hybridized carbons (Fsp3) is 0.259. The van der Waals surface area contributed by atoms with Crippen molar-refractivity contribution in [1.82, 2.24) is 5.32 Å². The molecule has 0 unspecified atom stereocenters. The highest BCUT2D eigenvalue weighted by Gasteiger charge is 2.21. The van der Waals surface area contributed by atoms with Gasteiger partial charge in [0.25, 0.3) is 0 Å². The fourth-order valence-corrected chi connectivity index (χ4v) is 3.54. The van der Waals surface area contributed by atoms with Gasteiger partial charge in [-0.3, -0.25) is 0 Å². The van der Waals surface area contributed by atoms with Crippen molar-refractivity contribution in [3.05, 3.63) is 95.6 Å². The molecule has 0 saturated carbocycles. The minimum absolute atomic E-state index is 0.0881. The summed E-state index contributed by atoms with van der Waals surface area (Å²) in [6.45, 7) is 4.04. The minimum Gasteiger partial charge on any atom is -0.480 e. The lowest BCUT2D eigenvalue weighted by Crippen LogP contribution is -2.37. The maximum atomic E-state index is 12.6. The third kappa shape index (κ3) is 6.35. The molecule has 2 N–H and O–H groups in total. The van der Waals surface area contributed by atoms with Crippen LogP contribution in [0.2, 0.25) is 0 Å². The van der Waals surface area contributed by atoms with Crippen LogP contribution in [0, 0.1) is 0 Å². The van der Waals surface area contributed by atoms with Gasteiger partial charge in [0.05, 0.1) is 7.11 Å². The number of anilines is 1. The van der Waals surface area contributed by atoms with E-state index in [1.165, 1.54) is 7.11 Å². The number of rotatable bonds is 9.